The zero-order chi connectivity index (χ0) is 20.0. The summed E-state index contributed by atoms with van der Waals surface area (Å²) >= 11 is 0. The Hall–Kier alpha value is -1.95. The predicted molar refractivity (Wildman–Crippen MR) is 108 cm³/mol. The van der Waals surface area contributed by atoms with E-state index < -0.39 is 9.84 Å². The minimum Gasteiger partial charge on any atom is -0.422 e. The summed E-state index contributed by atoms with van der Waals surface area (Å²) in [5.41, 5.74) is 2.06. The number of hydrogen-bond acceptors (Lipinski definition) is 5. The van der Waals surface area contributed by atoms with Crippen molar-refractivity contribution in [2.45, 2.75) is 64.5 Å². The third kappa shape index (κ3) is 6.03. The highest BCUT2D eigenvalue weighted by molar-refractivity contribution is 7.91. The van der Waals surface area contributed by atoms with Crippen molar-refractivity contribution in [1.82, 2.24) is 0 Å². The number of fused-ring (bicyclic) bond motifs is 1. The zero-order valence-corrected chi connectivity index (χ0v) is 17.1. The molecule has 1 heterocycles. The molecule has 0 bridgehead atoms. The smallest absolute Gasteiger partial charge is 0.336 e. The highest BCUT2D eigenvalue weighted by Crippen LogP contribution is 2.21. The fourth-order valence-corrected chi connectivity index (χ4v) is 4.12. The van der Waals surface area contributed by atoms with Crippen LogP contribution in [0.1, 0.15) is 57.6 Å². The van der Waals surface area contributed by atoms with E-state index in [2.05, 4.69) is 0 Å². The summed E-state index contributed by atoms with van der Waals surface area (Å²) in [5, 5.41) is 0.486. The van der Waals surface area contributed by atoms with Gasteiger partial charge < -0.3 is 4.42 Å². The predicted octanol–water partition coefficient (Wildman–Crippen LogP) is 3.85. The molecule has 0 radical (unpaired) electrons. The normalized spacial score (nSPS) is 12.0. The number of ketones is 1. The minimum absolute atomic E-state index is 0.139. The summed E-state index contributed by atoms with van der Waals surface area (Å²) in [6, 6.07) is 6.94. The summed E-state index contributed by atoms with van der Waals surface area (Å²) in [7, 11) is -3.00. The molecule has 27 heavy (non-hydrogen) atoms. The first kappa shape index (κ1) is 21.4. The molecule has 0 unspecified atom stereocenters. The maximum absolute atomic E-state index is 12.3. The molecule has 0 aliphatic carbocycles. The molecule has 1 aromatic heterocycles. The Balaban J connectivity index is 1.90. The molecule has 0 aliphatic rings. The average molecular weight is 393 g/mol. The summed E-state index contributed by atoms with van der Waals surface area (Å²) in [6.07, 6.45) is 3.55. The topological polar surface area (TPSA) is 81.4 Å². The van der Waals surface area contributed by atoms with Crippen molar-refractivity contribution in [1.29, 1.82) is 0 Å². The summed E-state index contributed by atoms with van der Waals surface area (Å²) in [5.74, 6) is 0.328. The lowest BCUT2D eigenvalue weighted by molar-refractivity contribution is -0.118. The molecular formula is C21H28O5S. The van der Waals surface area contributed by atoms with Crippen molar-refractivity contribution in [3.63, 3.8) is 0 Å². The van der Waals surface area contributed by atoms with Crippen molar-refractivity contribution < 1.29 is 17.6 Å². The van der Waals surface area contributed by atoms with Crippen LogP contribution in [0.2, 0.25) is 0 Å². The minimum atomic E-state index is -3.00. The summed E-state index contributed by atoms with van der Waals surface area (Å²) < 4.78 is 28.8. The second-order valence-corrected chi connectivity index (χ2v) is 9.90. The van der Waals surface area contributed by atoms with E-state index in [4.69, 9.17) is 4.42 Å². The van der Waals surface area contributed by atoms with Gasteiger partial charge in [-0.05, 0) is 56.4 Å². The Labute approximate surface area is 160 Å². The first-order chi connectivity index (χ1) is 12.7. The van der Waals surface area contributed by atoms with Crippen LogP contribution < -0.4 is 5.63 Å². The van der Waals surface area contributed by atoms with Gasteiger partial charge in [0.25, 0.3) is 0 Å². The van der Waals surface area contributed by atoms with Gasteiger partial charge in [0.1, 0.15) is 11.4 Å². The molecule has 0 atom stereocenters. The van der Waals surface area contributed by atoms with Gasteiger partial charge >= 0.3 is 5.63 Å². The van der Waals surface area contributed by atoms with E-state index >= 15 is 0 Å². The Morgan fingerprint density at radius 3 is 2.52 bits per heavy atom. The van der Waals surface area contributed by atoms with E-state index in [1.807, 2.05) is 19.1 Å². The van der Waals surface area contributed by atoms with Crippen molar-refractivity contribution in [2.24, 2.45) is 0 Å². The first-order valence-corrected chi connectivity index (χ1v) is 11.2. The molecule has 1 aromatic carbocycles. The van der Waals surface area contributed by atoms with Crippen LogP contribution in [0, 0.1) is 0 Å². The molecular weight excluding hydrogens is 364 g/mol. The molecule has 148 valence electrons. The van der Waals surface area contributed by atoms with Crippen LogP contribution in [0.15, 0.2) is 33.5 Å². The lowest BCUT2D eigenvalue weighted by Gasteiger charge is -2.08. The number of unbranched alkanes of at least 4 members (excludes halogenated alkanes) is 2. The SMILES string of the molecule is CCc1cc(CC(=O)CCCCCS(=O)(=O)C(C)C)cc2ccc(=O)oc12. The van der Waals surface area contributed by atoms with Crippen molar-refractivity contribution in [2.75, 3.05) is 5.75 Å². The third-order valence-corrected chi connectivity index (χ3v) is 7.04. The van der Waals surface area contributed by atoms with Crippen LogP contribution in [-0.2, 0) is 27.5 Å². The maximum atomic E-state index is 12.3. The molecule has 0 aliphatic heterocycles. The summed E-state index contributed by atoms with van der Waals surface area (Å²) in [4.78, 5) is 23.7. The standard InChI is InChI=1S/C21H28O5S/c1-4-17-12-16(13-18-9-10-20(23)26-21(17)18)14-19(22)8-6-5-7-11-27(24,25)15(2)3/h9-10,12-13,15H,4-8,11,14H2,1-3H3. The van der Waals surface area contributed by atoms with E-state index in [1.54, 1.807) is 19.9 Å². The van der Waals surface area contributed by atoms with Gasteiger partial charge in [0.15, 0.2) is 9.84 Å². The van der Waals surface area contributed by atoms with Crippen LogP contribution in [-0.4, -0.2) is 25.2 Å². The highest BCUT2D eigenvalue weighted by Gasteiger charge is 2.15. The number of carbonyl (C=O) groups is 1. The Morgan fingerprint density at radius 1 is 1.11 bits per heavy atom. The quantitative estimate of drug-likeness (QED) is 0.453. The van der Waals surface area contributed by atoms with E-state index in [1.165, 1.54) is 6.07 Å². The van der Waals surface area contributed by atoms with Gasteiger partial charge in [0, 0.05) is 24.3 Å². The highest BCUT2D eigenvalue weighted by atomic mass is 32.2. The maximum Gasteiger partial charge on any atom is 0.336 e. The molecule has 2 aromatic rings. The fraction of sp³-hybridized carbons (Fsp3) is 0.524. The summed E-state index contributed by atoms with van der Waals surface area (Å²) in [6.45, 7) is 5.37. The number of benzene rings is 1. The lowest BCUT2D eigenvalue weighted by atomic mass is 9.99. The van der Waals surface area contributed by atoms with Crippen LogP contribution in [0.4, 0.5) is 0 Å². The Morgan fingerprint density at radius 2 is 1.85 bits per heavy atom. The molecule has 0 fully saturated rings. The number of aryl methyl sites for hydroxylation is 1. The van der Waals surface area contributed by atoms with Gasteiger partial charge in [0.05, 0.1) is 11.0 Å². The lowest BCUT2D eigenvalue weighted by Crippen LogP contribution is -2.17. The van der Waals surface area contributed by atoms with Crippen LogP contribution in [0.3, 0.4) is 0 Å². The number of carbonyl (C=O) groups excluding carboxylic acids is 1. The van der Waals surface area contributed by atoms with E-state index in [0.717, 1.165) is 29.4 Å². The number of rotatable bonds is 10. The molecule has 0 saturated heterocycles. The van der Waals surface area contributed by atoms with Crippen molar-refractivity contribution in [3.8, 4) is 0 Å². The molecule has 6 heteroatoms. The second kappa shape index (κ2) is 9.31. The van der Waals surface area contributed by atoms with Crippen LogP contribution >= 0.6 is 0 Å². The third-order valence-electron chi connectivity index (χ3n) is 4.74. The van der Waals surface area contributed by atoms with Gasteiger partial charge in [-0.2, -0.15) is 0 Å². The monoisotopic (exact) mass is 392 g/mol. The Kier molecular flexibility index (Phi) is 7.36. The average Bonchev–Trinajstić information content (AvgIpc) is 2.60. The number of hydrogen-bond donors (Lipinski definition) is 0. The van der Waals surface area contributed by atoms with Gasteiger partial charge in [0.2, 0.25) is 0 Å². The number of Topliss-reactive ketones (excluding diaryl/α,β-unsaturated/α-hetero) is 1. The van der Waals surface area contributed by atoms with Crippen molar-refractivity contribution in [3.05, 3.63) is 45.8 Å². The number of sulfone groups is 1. The van der Waals surface area contributed by atoms with Gasteiger partial charge in [-0.25, -0.2) is 13.2 Å². The second-order valence-electron chi connectivity index (χ2n) is 7.22. The molecule has 0 N–H and O–H groups in total. The zero-order valence-electron chi connectivity index (χ0n) is 16.3. The fourth-order valence-electron chi connectivity index (χ4n) is 3.04. The van der Waals surface area contributed by atoms with Crippen LogP contribution in [0.5, 0.6) is 0 Å². The largest absolute Gasteiger partial charge is 0.422 e. The molecule has 5 nitrogen and oxygen atoms in total. The van der Waals surface area contributed by atoms with Gasteiger partial charge in [-0.3, -0.25) is 4.79 Å². The molecule has 0 amide bonds. The van der Waals surface area contributed by atoms with E-state index in [9.17, 15) is 18.0 Å². The molecule has 0 spiro atoms. The van der Waals surface area contributed by atoms with Crippen molar-refractivity contribution >= 4 is 26.6 Å². The first-order valence-electron chi connectivity index (χ1n) is 9.52. The Bertz CT molecular complexity index is 954. The van der Waals surface area contributed by atoms with Gasteiger partial charge in [-0.15, -0.1) is 0 Å². The van der Waals surface area contributed by atoms with Gasteiger partial charge in [-0.1, -0.05) is 19.4 Å². The van der Waals surface area contributed by atoms with Crippen LogP contribution in [0.25, 0.3) is 11.0 Å². The molecule has 2 rings (SSSR count). The van der Waals surface area contributed by atoms with E-state index in [0.29, 0.717) is 31.3 Å². The molecule has 0 saturated carbocycles. The van der Waals surface area contributed by atoms with E-state index in [-0.39, 0.29) is 22.4 Å².